The van der Waals surface area contributed by atoms with Crippen LogP contribution in [0.2, 0.25) is 0 Å². The van der Waals surface area contributed by atoms with Crippen LogP contribution in [0.25, 0.3) is 10.1 Å². The third-order valence-corrected chi connectivity index (χ3v) is 3.34. The molecule has 0 saturated carbocycles. The van der Waals surface area contributed by atoms with E-state index in [0.717, 1.165) is 4.70 Å². The van der Waals surface area contributed by atoms with Crippen molar-refractivity contribution in [3.63, 3.8) is 0 Å². The predicted molar refractivity (Wildman–Crippen MR) is 62.8 cm³/mol. The van der Waals surface area contributed by atoms with Crippen LogP contribution in [-0.2, 0) is 0 Å². The number of rotatable bonds is 2. The van der Waals surface area contributed by atoms with Gasteiger partial charge in [-0.2, -0.15) is 4.07 Å². The second kappa shape index (κ2) is 3.60. The van der Waals surface area contributed by atoms with Crippen molar-refractivity contribution in [2.75, 3.05) is 19.1 Å². The lowest BCUT2D eigenvalue weighted by molar-refractivity contribution is -0.384. The Morgan fingerprint density at radius 1 is 1.44 bits per heavy atom. The van der Waals surface area contributed by atoms with Crippen LogP contribution in [0, 0.1) is 10.1 Å². The van der Waals surface area contributed by atoms with Gasteiger partial charge in [-0.3, -0.25) is 14.9 Å². The van der Waals surface area contributed by atoms with Gasteiger partial charge in [0.15, 0.2) is 0 Å². The zero-order valence-corrected chi connectivity index (χ0v) is 9.52. The molecule has 0 fully saturated rings. The van der Waals surface area contributed by atoms with Crippen molar-refractivity contribution in [3.8, 4) is 0 Å². The van der Waals surface area contributed by atoms with Gasteiger partial charge in [0.1, 0.15) is 0 Å². The lowest BCUT2D eigenvalue weighted by Gasteiger charge is -2.09. The first-order valence-corrected chi connectivity index (χ1v) is 5.26. The summed E-state index contributed by atoms with van der Waals surface area (Å²) in [5, 5.41) is 12.6. The van der Waals surface area contributed by atoms with Crippen LogP contribution >= 0.6 is 11.5 Å². The number of nitro benzene ring substituents is 1. The molecule has 7 heteroatoms. The number of hydrogen-bond acceptors (Lipinski definition) is 5. The summed E-state index contributed by atoms with van der Waals surface area (Å²) < 4.78 is 2.19. The zero-order valence-electron chi connectivity index (χ0n) is 8.71. The molecule has 1 aromatic carbocycles. The fourth-order valence-corrected chi connectivity index (χ4v) is 2.28. The van der Waals surface area contributed by atoms with E-state index in [9.17, 15) is 14.9 Å². The van der Waals surface area contributed by atoms with Crippen molar-refractivity contribution >= 4 is 27.3 Å². The quantitative estimate of drug-likeness (QED) is 0.582. The van der Waals surface area contributed by atoms with Crippen LogP contribution in [0.5, 0.6) is 0 Å². The summed E-state index contributed by atoms with van der Waals surface area (Å²) in [7, 11) is 3.48. The lowest BCUT2D eigenvalue weighted by Crippen LogP contribution is -2.31. The van der Waals surface area contributed by atoms with E-state index in [1.54, 1.807) is 25.2 Å². The van der Waals surface area contributed by atoms with Crippen molar-refractivity contribution in [2.45, 2.75) is 0 Å². The molecule has 1 heterocycles. The molecule has 16 heavy (non-hydrogen) atoms. The molecular weight excluding hydrogens is 230 g/mol. The van der Waals surface area contributed by atoms with Crippen LogP contribution in [0.3, 0.4) is 0 Å². The summed E-state index contributed by atoms with van der Waals surface area (Å²) in [4.78, 5) is 21.9. The molecule has 0 atom stereocenters. The summed E-state index contributed by atoms with van der Waals surface area (Å²) in [6.45, 7) is 0. The number of benzene rings is 1. The van der Waals surface area contributed by atoms with Crippen molar-refractivity contribution in [1.82, 2.24) is 4.07 Å². The number of nitrogens with zero attached hydrogens (tertiary/aromatic N) is 3. The molecule has 2 aromatic rings. The van der Waals surface area contributed by atoms with E-state index in [4.69, 9.17) is 0 Å². The SMILES string of the molecule is CN(C)n1sc2ccc([N+](=O)[O-])cc2c1=O. The van der Waals surface area contributed by atoms with E-state index in [-0.39, 0.29) is 11.2 Å². The van der Waals surface area contributed by atoms with Crippen LogP contribution < -0.4 is 10.6 Å². The molecule has 0 radical (unpaired) electrons. The molecule has 0 N–H and O–H groups in total. The van der Waals surface area contributed by atoms with Gasteiger partial charge in [-0.25, -0.2) is 0 Å². The standard InChI is InChI=1S/C9H9N3O3S/c1-10(2)11-9(13)7-5-6(12(14)15)3-4-8(7)16-11/h3-5H,1-2H3. The highest BCUT2D eigenvalue weighted by molar-refractivity contribution is 7.13. The molecule has 0 aliphatic carbocycles. The number of nitro groups is 1. The molecule has 6 nitrogen and oxygen atoms in total. The minimum Gasteiger partial charge on any atom is -0.307 e. The van der Waals surface area contributed by atoms with E-state index < -0.39 is 4.92 Å². The Balaban J connectivity index is 2.74. The minimum atomic E-state index is -0.503. The fraction of sp³-hybridized carbons (Fsp3) is 0.222. The van der Waals surface area contributed by atoms with E-state index in [1.165, 1.54) is 27.7 Å². The molecule has 0 aliphatic rings. The molecule has 0 unspecified atom stereocenters. The molecular formula is C9H9N3O3S. The minimum absolute atomic E-state index is 0.0618. The predicted octanol–water partition coefficient (Wildman–Crippen LogP) is 1.17. The summed E-state index contributed by atoms with van der Waals surface area (Å²) in [5.74, 6) is 0. The summed E-state index contributed by atoms with van der Waals surface area (Å²) in [6.07, 6.45) is 0. The van der Waals surface area contributed by atoms with Crippen LogP contribution in [0.1, 0.15) is 0 Å². The van der Waals surface area contributed by atoms with Gasteiger partial charge in [0.2, 0.25) is 0 Å². The lowest BCUT2D eigenvalue weighted by atomic mass is 10.2. The molecule has 1 aromatic heterocycles. The number of hydrogen-bond donors (Lipinski definition) is 0. The molecule has 0 saturated heterocycles. The van der Waals surface area contributed by atoms with Crippen molar-refractivity contribution in [3.05, 3.63) is 38.7 Å². The first-order chi connectivity index (χ1) is 7.50. The van der Waals surface area contributed by atoms with E-state index in [1.807, 2.05) is 0 Å². The number of non-ortho nitro benzene ring substituents is 1. The van der Waals surface area contributed by atoms with Gasteiger partial charge in [-0.1, -0.05) is 0 Å². The average molecular weight is 239 g/mol. The first kappa shape index (κ1) is 10.6. The second-order valence-electron chi connectivity index (χ2n) is 3.45. The largest absolute Gasteiger partial charge is 0.307 e. The van der Waals surface area contributed by atoms with Gasteiger partial charge in [-0.15, -0.1) is 0 Å². The molecule has 0 aliphatic heterocycles. The summed E-state index contributed by atoms with van der Waals surface area (Å²) in [6, 6.07) is 4.31. The van der Waals surface area contributed by atoms with Gasteiger partial charge < -0.3 is 5.01 Å². The van der Waals surface area contributed by atoms with Gasteiger partial charge in [0.05, 0.1) is 15.0 Å². The highest BCUT2D eigenvalue weighted by Crippen LogP contribution is 2.21. The normalized spacial score (nSPS) is 10.6. The van der Waals surface area contributed by atoms with E-state index >= 15 is 0 Å². The van der Waals surface area contributed by atoms with Crippen LogP contribution in [-0.4, -0.2) is 23.1 Å². The van der Waals surface area contributed by atoms with Crippen LogP contribution in [0.15, 0.2) is 23.0 Å². The highest BCUT2D eigenvalue weighted by atomic mass is 32.1. The number of aromatic nitrogens is 1. The second-order valence-corrected chi connectivity index (χ2v) is 4.42. The Morgan fingerprint density at radius 2 is 2.12 bits per heavy atom. The first-order valence-electron chi connectivity index (χ1n) is 4.49. The smallest absolute Gasteiger partial charge is 0.287 e. The molecule has 0 amide bonds. The maximum atomic E-state index is 11.9. The van der Waals surface area contributed by atoms with Gasteiger partial charge in [-0.05, 0) is 17.6 Å². The third-order valence-electron chi connectivity index (χ3n) is 2.13. The Kier molecular flexibility index (Phi) is 2.39. The Hall–Kier alpha value is -1.89. The highest BCUT2D eigenvalue weighted by Gasteiger charge is 2.13. The van der Waals surface area contributed by atoms with Crippen LogP contribution in [0.4, 0.5) is 5.69 Å². The van der Waals surface area contributed by atoms with Crippen molar-refractivity contribution in [2.24, 2.45) is 0 Å². The molecule has 2 rings (SSSR count). The zero-order chi connectivity index (χ0) is 11.9. The maximum Gasteiger partial charge on any atom is 0.287 e. The van der Waals surface area contributed by atoms with Gasteiger partial charge in [0.25, 0.3) is 11.2 Å². The monoisotopic (exact) mass is 239 g/mol. The maximum absolute atomic E-state index is 11.9. The summed E-state index contributed by atoms with van der Waals surface area (Å²) >= 11 is 1.26. The van der Waals surface area contributed by atoms with E-state index in [0.29, 0.717) is 5.39 Å². The van der Waals surface area contributed by atoms with E-state index in [2.05, 4.69) is 0 Å². The molecule has 0 bridgehead atoms. The van der Waals surface area contributed by atoms with Gasteiger partial charge in [0, 0.05) is 26.2 Å². The van der Waals surface area contributed by atoms with Crippen molar-refractivity contribution in [1.29, 1.82) is 0 Å². The van der Waals surface area contributed by atoms with Gasteiger partial charge >= 0.3 is 0 Å². The van der Waals surface area contributed by atoms with Crippen molar-refractivity contribution < 1.29 is 4.92 Å². The summed E-state index contributed by atoms with van der Waals surface area (Å²) in [5.41, 5.74) is -0.290. The Bertz CT molecular complexity index is 614. The Morgan fingerprint density at radius 3 is 2.69 bits per heavy atom. The topological polar surface area (TPSA) is 68.4 Å². The molecule has 0 spiro atoms. The Labute approximate surface area is 94.6 Å². The molecule has 84 valence electrons. The average Bonchev–Trinajstić information content (AvgIpc) is 2.56. The fourth-order valence-electron chi connectivity index (χ4n) is 1.38. The number of fused-ring (bicyclic) bond motifs is 1. The third kappa shape index (κ3) is 1.54.